The first-order valence-corrected chi connectivity index (χ1v) is 10.8. The molecule has 1 atom stereocenters. The lowest BCUT2D eigenvalue weighted by atomic mass is 10.0. The number of aromatic nitrogens is 2. The number of nitrogens with zero attached hydrogens (tertiary/aromatic N) is 3. The average molecular weight is 434 g/mol. The zero-order valence-corrected chi connectivity index (χ0v) is 18.7. The van der Waals surface area contributed by atoms with Crippen LogP contribution in [0.5, 0.6) is 11.6 Å². The summed E-state index contributed by atoms with van der Waals surface area (Å²) in [5.41, 5.74) is 1.89. The molecule has 0 radical (unpaired) electrons. The molecule has 0 saturated carbocycles. The van der Waals surface area contributed by atoms with Crippen LogP contribution in [0.25, 0.3) is 22.2 Å². The van der Waals surface area contributed by atoms with Crippen molar-refractivity contribution in [3.8, 4) is 29.2 Å². The van der Waals surface area contributed by atoms with Gasteiger partial charge in [0.25, 0.3) is 0 Å². The van der Waals surface area contributed by atoms with Gasteiger partial charge in [-0.1, -0.05) is 0 Å². The van der Waals surface area contributed by atoms with Crippen LogP contribution < -0.4 is 14.8 Å². The Bertz CT molecular complexity index is 1190. The van der Waals surface area contributed by atoms with Gasteiger partial charge in [0, 0.05) is 35.9 Å². The Morgan fingerprint density at radius 1 is 1.31 bits per heavy atom. The van der Waals surface area contributed by atoms with Crippen molar-refractivity contribution in [3.05, 3.63) is 35.3 Å². The predicted molar refractivity (Wildman–Crippen MR) is 118 cm³/mol. The van der Waals surface area contributed by atoms with Gasteiger partial charge in [0.1, 0.15) is 17.6 Å². The summed E-state index contributed by atoms with van der Waals surface area (Å²) >= 11 is 0. The lowest BCUT2D eigenvalue weighted by Crippen LogP contribution is -2.26. The third-order valence-electron chi connectivity index (χ3n) is 5.48. The second kappa shape index (κ2) is 8.87. The summed E-state index contributed by atoms with van der Waals surface area (Å²) in [6.07, 6.45) is 3.63. The van der Waals surface area contributed by atoms with Crippen LogP contribution in [0.4, 0.5) is 0 Å². The Morgan fingerprint density at radius 3 is 2.75 bits per heavy atom. The van der Waals surface area contributed by atoms with E-state index in [0.717, 1.165) is 23.3 Å². The molecule has 3 heterocycles. The maximum absolute atomic E-state index is 11.4. The number of oxazole rings is 1. The minimum absolute atomic E-state index is 0.0824. The van der Waals surface area contributed by atoms with Gasteiger partial charge in [-0.15, -0.1) is 0 Å². The highest BCUT2D eigenvalue weighted by molar-refractivity contribution is 5.99. The molecule has 1 saturated heterocycles. The van der Waals surface area contributed by atoms with E-state index in [9.17, 15) is 10.1 Å². The first kappa shape index (κ1) is 21.6. The van der Waals surface area contributed by atoms with Gasteiger partial charge < -0.3 is 19.2 Å². The smallest absolute Gasteiger partial charge is 0.228 e. The zero-order chi connectivity index (χ0) is 22.8. The molecule has 0 spiro atoms. The number of benzene rings is 1. The summed E-state index contributed by atoms with van der Waals surface area (Å²) in [7, 11) is 0. The first-order valence-electron chi connectivity index (χ1n) is 10.8. The normalized spacial score (nSPS) is 15.8. The fourth-order valence-electron chi connectivity index (χ4n) is 3.75. The molecule has 1 fully saturated rings. The van der Waals surface area contributed by atoms with Crippen LogP contribution in [0.2, 0.25) is 0 Å². The summed E-state index contributed by atoms with van der Waals surface area (Å²) < 4.78 is 17.7. The second-order valence-electron chi connectivity index (χ2n) is 8.25. The molecule has 0 unspecified atom stereocenters. The number of nitriles is 1. The molecule has 4 rings (SSSR count). The van der Waals surface area contributed by atoms with Crippen molar-refractivity contribution >= 4 is 16.7 Å². The van der Waals surface area contributed by atoms with Gasteiger partial charge in [0.2, 0.25) is 17.7 Å². The van der Waals surface area contributed by atoms with E-state index in [-0.39, 0.29) is 18.1 Å². The van der Waals surface area contributed by atoms with Crippen molar-refractivity contribution in [1.29, 1.82) is 5.26 Å². The molecular weight excluding hydrogens is 408 g/mol. The minimum Gasteiger partial charge on any atom is -0.490 e. The van der Waals surface area contributed by atoms with Gasteiger partial charge in [-0.25, -0.2) is 9.97 Å². The number of rotatable bonds is 7. The van der Waals surface area contributed by atoms with Gasteiger partial charge in [0.05, 0.1) is 29.5 Å². The highest BCUT2D eigenvalue weighted by Gasteiger charge is 2.22. The van der Waals surface area contributed by atoms with E-state index in [1.807, 2.05) is 27.7 Å². The number of fused-ring (bicyclic) bond motifs is 1. The summed E-state index contributed by atoms with van der Waals surface area (Å²) in [5.74, 6) is 2.17. The number of ether oxygens (including phenoxy) is 2. The number of hydrogen-bond donors (Lipinski definition) is 1. The molecular formula is C24H26N4O4. The third kappa shape index (κ3) is 4.37. The molecule has 8 heteroatoms. The van der Waals surface area contributed by atoms with Crippen LogP contribution in [0.1, 0.15) is 50.1 Å². The van der Waals surface area contributed by atoms with E-state index < -0.39 is 0 Å². The standard InChI is InChI=1S/C24H26N4O4/c1-13(2)31-21-10-19-18(9-16(21)11-25)20(24-27-14(3)15(4)32-24)12-26-23(19)30-8-7-17-5-6-22(29)28-17/h9-10,12-13,17H,5-8H2,1-4H3,(H,28,29)/t17-/m0/s1. The fourth-order valence-corrected chi connectivity index (χ4v) is 3.75. The van der Waals surface area contributed by atoms with Crippen molar-refractivity contribution in [2.45, 2.75) is 59.1 Å². The molecule has 2 aromatic heterocycles. The number of amides is 1. The van der Waals surface area contributed by atoms with E-state index >= 15 is 0 Å². The fraction of sp³-hybridized carbons (Fsp3) is 0.417. The van der Waals surface area contributed by atoms with Crippen molar-refractivity contribution in [3.63, 3.8) is 0 Å². The quantitative estimate of drug-likeness (QED) is 0.593. The summed E-state index contributed by atoms with van der Waals surface area (Å²) in [6, 6.07) is 5.89. The van der Waals surface area contributed by atoms with Crippen LogP contribution >= 0.6 is 0 Å². The van der Waals surface area contributed by atoms with Crippen LogP contribution in [-0.2, 0) is 4.79 Å². The number of aryl methyl sites for hydroxylation is 2. The SMILES string of the molecule is Cc1nc(-c2cnc(OCC[C@@H]3CCC(=O)N3)c3cc(OC(C)C)c(C#N)cc23)oc1C. The van der Waals surface area contributed by atoms with Crippen LogP contribution in [-0.4, -0.2) is 34.6 Å². The topological polar surface area (TPSA) is 110 Å². The molecule has 1 aliphatic rings. The largest absolute Gasteiger partial charge is 0.490 e. The zero-order valence-electron chi connectivity index (χ0n) is 18.7. The molecule has 8 nitrogen and oxygen atoms in total. The number of pyridine rings is 1. The predicted octanol–water partition coefficient (Wildman–Crippen LogP) is 4.21. The van der Waals surface area contributed by atoms with E-state index in [1.165, 1.54) is 0 Å². The minimum atomic E-state index is -0.0944. The molecule has 166 valence electrons. The molecule has 32 heavy (non-hydrogen) atoms. The number of hydrogen-bond acceptors (Lipinski definition) is 7. The number of nitrogens with one attached hydrogen (secondary N) is 1. The van der Waals surface area contributed by atoms with Crippen molar-refractivity contribution in [2.24, 2.45) is 0 Å². The molecule has 1 amide bonds. The lowest BCUT2D eigenvalue weighted by Gasteiger charge is -2.16. The summed E-state index contributed by atoms with van der Waals surface area (Å²) in [5, 5.41) is 14.1. The lowest BCUT2D eigenvalue weighted by molar-refractivity contribution is -0.119. The molecule has 1 N–H and O–H groups in total. The average Bonchev–Trinajstić information content (AvgIpc) is 3.31. The van der Waals surface area contributed by atoms with Gasteiger partial charge in [-0.3, -0.25) is 4.79 Å². The Kier molecular flexibility index (Phi) is 5.99. The Morgan fingerprint density at radius 2 is 2.12 bits per heavy atom. The Hall–Kier alpha value is -3.60. The van der Waals surface area contributed by atoms with Crippen molar-refractivity contribution in [1.82, 2.24) is 15.3 Å². The van der Waals surface area contributed by atoms with Gasteiger partial charge >= 0.3 is 0 Å². The molecule has 1 aromatic carbocycles. The monoisotopic (exact) mass is 434 g/mol. The number of carbonyl (C=O) groups is 1. The van der Waals surface area contributed by atoms with E-state index in [1.54, 1.807) is 18.3 Å². The number of carbonyl (C=O) groups excluding carboxylic acids is 1. The van der Waals surface area contributed by atoms with E-state index in [4.69, 9.17) is 13.9 Å². The third-order valence-corrected chi connectivity index (χ3v) is 5.48. The summed E-state index contributed by atoms with van der Waals surface area (Å²) in [6.45, 7) is 7.96. The molecule has 0 bridgehead atoms. The molecule has 0 aliphatic carbocycles. The van der Waals surface area contributed by atoms with Gasteiger partial charge in [-0.2, -0.15) is 5.26 Å². The highest BCUT2D eigenvalue weighted by Crippen LogP contribution is 2.37. The van der Waals surface area contributed by atoms with E-state index in [0.29, 0.717) is 53.5 Å². The highest BCUT2D eigenvalue weighted by atomic mass is 16.5. The second-order valence-corrected chi connectivity index (χ2v) is 8.25. The Balaban J connectivity index is 1.74. The maximum Gasteiger partial charge on any atom is 0.228 e. The maximum atomic E-state index is 11.4. The van der Waals surface area contributed by atoms with Crippen LogP contribution in [0.3, 0.4) is 0 Å². The van der Waals surface area contributed by atoms with Crippen LogP contribution in [0.15, 0.2) is 22.7 Å². The molecule has 1 aliphatic heterocycles. The first-order chi connectivity index (χ1) is 15.4. The van der Waals surface area contributed by atoms with Crippen molar-refractivity contribution in [2.75, 3.05) is 6.61 Å². The van der Waals surface area contributed by atoms with Crippen LogP contribution in [0, 0.1) is 25.2 Å². The van der Waals surface area contributed by atoms with Crippen molar-refractivity contribution < 1.29 is 18.7 Å². The van der Waals surface area contributed by atoms with E-state index in [2.05, 4.69) is 21.4 Å². The Labute approximate surface area is 186 Å². The summed E-state index contributed by atoms with van der Waals surface area (Å²) in [4.78, 5) is 20.5. The molecule has 3 aromatic rings. The van der Waals surface area contributed by atoms with Gasteiger partial charge in [-0.05, 0) is 46.2 Å². The van der Waals surface area contributed by atoms with Gasteiger partial charge in [0.15, 0.2) is 0 Å².